The van der Waals surface area contributed by atoms with Gasteiger partial charge in [0.25, 0.3) is 5.56 Å². The van der Waals surface area contributed by atoms with Crippen LogP contribution in [0.2, 0.25) is 0 Å². The average molecular weight is 241 g/mol. The predicted octanol–water partition coefficient (Wildman–Crippen LogP) is 1.52. The van der Waals surface area contributed by atoms with Crippen LogP contribution in [0.25, 0.3) is 0 Å². The highest BCUT2D eigenvalue weighted by atomic mass is 32.2. The van der Waals surface area contributed by atoms with Crippen molar-refractivity contribution in [2.45, 2.75) is 38.3 Å². The first kappa shape index (κ1) is 13.3. The molecule has 0 aliphatic carbocycles. The molecule has 0 bridgehead atoms. The fraction of sp³-hybridized carbons (Fsp3) is 0.636. The zero-order valence-electron chi connectivity index (χ0n) is 10.0. The van der Waals surface area contributed by atoms with E-state index in [9.17, 15) is 4.79 Å². The minimum Gasteiger partial charge on any atom is -0.311 e. The van der Waals surface area contributed by atoms with Crippen molar-refractivity contribution in [1.82, 2.24) is 15.3 Å². The van der Waals surface area contributed by atoms with E-state index < -0.39 is 0 Å². The van der Waals surface area contributed by atoms with Gasteiger partial charge in [-0.3, -0.25) is 4.79 Å². The summed E-state index contributed by atoms with van der Waals surface area (Å²) < 4.78 is 0. The molecule has 0 aliphatic rings. The highest BCUT2D eigenvalue weighted by Crippen LogP contribution is 2.13. The standard InChI is InChI=1S/C11H19N3OS/c1-4-12-6-9-5-11(15)14-10(13-9)7-16-8(2)3/h5,8,12H,4,6-7H2,1-3H3,(H,13,14,15). The van der Waals surface area contributed by atoms with E-state index in [-0.39, 0.29) is 5.56 Å². The molecule has 1 aromatic rings. The zero-order valence-corrected chi connectivity index (χ0v) is 10.9. The molecule has 0 aliphatic heterocycles. The molecule has 0 radical (unpaired) electrons. The topological polar surface area (TPSA) is 57.8 Å². The molecular weight excluding hydrogens is 222 g/mol. The largest absolute Gasteiger partial charge is 0.311 e. The minimum atomic E-state index is -0.0674. The third-order valence-corrected chi connectivity index (χ3v) is 3.06. The van der Waals surface area contributed by atoms with Crippen LogP contribution < -0.4 is 10.9 Å². The first-order chi connectivity index (χ1) is 7.61. The molecular formula is C11H19N3OS. The van der Waals surface area contributed by atoms with E-state index in [2.05, 4.69) is 29.1 Å². The smallest absolute Gasteiger partial charge is 0.251 e. The molecule has 1 aromatic heterocycles. The maximum Gasteiger partial charge on any atom is 0.251 e. The Morgan fingerprint density at radius 2 is 2.31 bits per heavy atom. The lowest BCUT2D eigenvalue weighted by molar-refractivity contribution is 0.702. The Labute approximate surface area is 100 Å². The maximum absolute atomic E-state index is 11.4. The summed E-state index contributed by atoms with van der Waals surface area (Å²) >= 11 is 1.77. The van der Waals surface area contributed by atoms with Gasteiger partial charge in [-0.1, -0.05) is 20.8 Å². The van der Waals surface area contributed by atoms with Crippen molar-refractivity contribution in [3.8, 4) is 0 Å². The van der Waals surface area contributed by atoms with E-state index >= 15 is 0 Å². The lowest BCUT2D eigenvalue weighted by Crippen LogP contribution is -2.18. The predicted molar refractivity (Wildman–Crippen MR) is 68.7 cm³/mol. The van der Waals surface area contributed by atoms with Gasteiger partial charge in [-0.2, -0.15) is 11.8 Å². The van der Waals surface area contributed by atoms with Gasteiger partial charge >= 0.3 is 0 Å². The van der Waals surface area contributed by atoms with Gasteiger partial charge in [-0.25, -0.2) is 4.98 Å². The molecule has 5 heteroatoms. The van der Waals surface area contributed by atoms with Gasteiger partial charge in [-0.15, -0.1) is 0 Å². The van der Waals surface area contributed by atoms with E-state index in [4.69, 9.17) is 0 Å². The molecule has 90 valence electrons. The Morgan fingerprint density at radius 1 is 1.56 bits per heavy atom. The SMILES string of the molecule is CCNCc1cc(=O)[nH]c(CSC(C)C)n1. The highest BCUT2D eigenvalue weighted by Gasteiger charge is 2.02. The fourth-order valence-electron chi connectivity index (χ4n) is 1.22. The monoisotopic (exact) mass is 241 g/mol. The molecule has 2 N–H and O–H groups in total. The number of hydrogen-bond donors (Lipinski definition) is 2. The van der Waals surface area contributed by atoms with Gasteiger partial charge in [0, 0.05) is 12.6 Å². The molecule has 0 amide bonds. The van der Waals surface area contributed by atoms with E-state index in [1.54, 1.807) is 17.8 Å². The lowest BCUT2D eigenvalue weighted by Gasteiger charge is -2.06. The average Bonchev–Trinajstić information content (AvgIpc) is 2.23. The Hall–Kier alpha value is -0.810. The van der Waals surface area contributed by atoms with Crippen molar-refractivity contribution in [2.24, 2.45) is 0 Å². The molecule has 0 unspecified atom stereocenters. The van der Waals surface area contributed by atoms with Gasteiger partial charge in [-0.05, 0) is 11.8 Å². The third-order valence-electron chi connectivity index (χ3n) is 1.95. The summed E-state index contributed by atoms with van der Waals surface area (Å²) in [4.78, 5) is 18.6. The number of hydrogen-bond acceptors (Lipinski definition) is 4. The van der Waals surface area contributed by atoms with Gasteiger partial charge in [0.1, 0.15) is 5.82 Å². The van der Waals surface area contributed by atoms with Crippen LogP contribution in [0.4, 0.5) is 0 Å². The fourth-order valence-corrected chi connectivity index (χ4v) is 1.85. The molecule has 1 rings (SSSR count). The Kier molecular flexibility index (Phi) is 5.55. The van der Waals surface area contributed by atoms with Crippen LogP contribution in [0.5, 0.6) is 0 Å². The van der Waals surface area contributed by atoms with Crippen LogP contribution in [-0.2, 0) is 12.3 Å². The van der Waals surface area contributed by atoms with Crippen molar-refractivity contribution in [3.05, 3.63) is 27.9 Å². The molecule has 0 aromatic carbocycles. The molecule has 0 saturated carbocycles. The van der Waals surface area contributed by atoms with Crippen LogP contribution in [0, 0.1) is 0 Å². The molecule has 0 spiro atoms. The molecule has 0 atom stereocenters. The van der Waals surface area contributed by atoms with Crippen LogP contribution >= 0.6 is 11.8 Å². The second-order valence-electron chi connectivity index (χ2n) is 3.82. The normalized spacial score (nSPS) is 11.0. The number of H-pyrrole nitrogens is 1. The molecule has 1 heterocycles. The second-order valence-corrected chi connectivity index (χ2v) is 5.39. The Balaban J connectivity index is 2.69. The van der Waals surface area contributed by atoms with Crippen LogP contribution in [0.3, 0.4) is 0 Å². The summed E-state index contributed by atoms with van der Waals surface area (Å²) in [6.07, 6.45) is 0. The molecule has 0 saturated heterocycles. The molecule has 4 nitrogen and oxygen atoms in total. The first-order valence-electron chi connectivity index (χ1n) is 5.53. The minimum absolute atomic E-state index is 0.0674. The Morgan fingerprint density at radius 3 is 2.94 bits per heavy atom. The van der Waals surface area contributed by atoms with Crippen LogP contribution in [0.15, 0.2) is 10.9 Å². The summed E-state index contributed by atoms with van der Waals surface area (Å²) in [5.41, 5.74) is 0.743. The summed E-state index contributed by atoms with van der Waals surface area (Å²) in [6.45, 7) is 7.82. The quantitative estimate of drug-likeness (QED) is 0.793. The van der Waals surface area contributed by atoms with Gasteiger partial charge in [0.05, 0.1) is 11.4 Å². The van der Waals surface area contributed by atoms with E-state index in [0.29, 0.717) is 11.8 Å². The number of rotatable bonds is 6. The van der Waals surface area contributed by atoms with Gasteiger partial charge in [0.2, 0.25) is 0 Å². The van der Waals surface area contributed by atoms with Gasteiger partial charge < -0.3 is 10.3 Å². The summed E-state index contributed by atoms with van der Waals surface area (Å²) in [7, 11) is 0. The van der Waals surface area contributed by atoms with Crippen LogP contribution in [0.1, 0.15) is 32.3 Å². The number of nitrogens with one attached hydrogen (secondary N) is 2. The lowest BCUT2D eigenvalue weighted by atomic mass is 10.4. The number of thioether (sulfide) groups is 1. The van der Waals surface area contributed by atoms with Gasteiger partial charge in [0.15, 0.2) is 0 Å². The summed E-state index contributed by atoms with van der Waals surface area (Å²) in [5.74, 6) is 1.52. The zero-order chi connectivity index (χ0) is 12.0. The Bertz CT molecular complexity index is 376. The number of aromatic amines is 1. The molecule has 0 fully saturated rings. The molecule has 16 heavy (non-hydrogen) atoms. The van der Waals surface area contributed by atoms with Crippen molar-refractivity contribution in [3.63, 3.8) is 0 Å². The van der Waals surface area contributed by atoms with Crippen molar-refractivity contribution in [2.75, 3.05) is 6.54 Å². The highest BCUT2D eigenvalue weighted by molar-refractivity contribution is 7.99. The maximum atomic E-state index is 11.4. The van der Waals surface area contributed by atoms with E-state index in [1.165, 1.54) is 0 Å². The third kappa shape index (κ3) is 4.81. The van der Waals surface area contributed by atoms with E-state index in [0.717, 1.165) is 23.8 Å². The van der Waals surface area contributed by atoms with E-state index in [1.807, 2.05) is 6.92 Å². The van der Waals surface area contributed by atoms with Crippen molar-refractivity contribution < 1.29 is 0 Å². The number of aromatic nitrogens is 2. The summed E-state index contributed by atoms with van der Waals surface area (Å²) in [5, 5.41) is 3.71. The first-order valence-corrected chi connectivity index (χ1v) is 6.58. The van der Waals surface area contributed by atoms with Crippen LogP contribution in [-0.4, -0.2) is 21.8 Å². The summed E-state index contributed by atoms with van der Waals surface area (Å²) in [6, 6.07) is 1.55. The number of nitrogens with zero attached hydrogens (tertiary/aromatic N) is 1. The second kappa shape index (κ2) is 6.70. The van der Waals surface area contributed by atoms with Crippen molar-refractivity contribution in [1.29, 1.82) is 0 Å². The van der Waals surface area contributed by atoms with Crippen molar-refractivity contribution >= 4 is 11.8 Å².